The fourth-order valence-corrected chi connectivity index (χ4v) is 3.46. The van der Waals surface area contributed by atoms with Crippen LogP contribution in [0, 0.1) is 0 Å². The first-order valence-electron chi connectivity index (χ1n) is 10.1. The summed E-state index contributed by atoms with van der Waals surface area (Å²) in [6.07, 6.45) is 0. The van der Waals surface area contributed by atoms with E-state index in [1.807, 2.05) is 25.1 Å². The monoisotopic (exact) mass is 422 g/mol. The van der Waals surface area contributed by atoms with E-state index in [4.69, 9.17) is 19.9 Å². The number of carbonyl (C=O) groups is 2. The molecule has 7 nitrogen and oxygen atoms in total. The van der Waals surface area contributed by atoms with Gasteiger partial charge in [-0.3, -0.25) is 4.79 Å². The maximum Gasteiger partial charge on any atom is 0.340 e. The zero-order chi connectivity index (χ0) is 22.4. The third-order valence-electron chi connectivity index (χ3n) is 4.78. The molecule has 31 heavy (non-hydrogen) atoms. The van der Waals surface area contributed by atoms with Gasteiger partial charge < -0.3 is 25.3 Å². The number of hydrogen-bond donors (Lipinski definition) is 2. The fourth-order valence-electron chi connectivity index (χ4n) is 3.46. The van der Waals surface area contributed by atoms with Crippen molar-refractivity contribution in [2.75, 3.05) is 18.5 Å². The molecule has 0 aromatic heterocycles. The van der Waals surface area contributed by atoms with Gasteiger partial charge in [0, 0.05) is 5.69 Å². The normalized spacial score (nSPS) is 15.9. The van der Waals surface area contributed by atoms with Gasteiger partial charge in [0.1, 0.15) is 17.1 Å². The van der Waals surface area contributed by atoms with Gasteiger partial charge in [-0.25, -0.2) is 4.79 Å². The van der Waals surface area contributed by atoms with Crippen LogP contribution in [0.4, 0.5) is 5.69 Å². The van der Waals surface area contributed by atoms with Crippen molar-refractivity contribution in [3.8, 4) is 5.75 Å². The van der Waals surface area contributed by atoms with E-state index in [2.05, 4.69) is 5.32 Å². The maximum atomic E-state index is 13.3. The van der Waals surface area contributed by atoms with Crippen molar-refractivity contribution < 1.29 is 23.8 Å². The van der Waals surface area contributed by atoms with Crippen molar-refractivity contribution in [3.05, 3.63) is 82.9 Å². The molecule has 0 bridgehead atoms. The minimum absolute atomic E-state index is 0.0777. The number of allylic oxidation sites excluding steroid dienone is 1. The zero-order valence-corrected chi connectivity index (χ0v) is 17.8. The number of nitrogens with one attached hydrogen (secondary N) is 1. The molecular weight excluding hydrogens is 396 g/mol. The molecule has 1 amide bonds. The van der Waals surface area contributed by atoms with Crippen LogP contribution in [0.15, 0.2) is 77.4 Å². The number of para-hydroxylation sites is 1. The Morgan fingerprint density at radius 3 is 2.29 bits per heavy atom. The highest BCUT2D eigenvalue weighted by molar-refractivity contribution is 6.08. The summed E-state index contributed by atoms with van der Waals surface area (Å²) in [5, 5.41) is 2.86. The van der Waals surface area contributed by atoms with Gasteiger partial charge in [-0.2, -0.15) is 0 Å². The summed E-state index contributed by atoms with van der Waals surface area (Å²) in [5.41, 5.74) is 7.78. The van der Waals surface area contributed by atoms with Crippen LogP contribution in [0.3, 0.4) is 0 Å². The molecule has 0 saturated carbocycles. The molecule has 1 aliphatic rings. The highest BCUT2D eigenvalue weighted by atomic mass is 16.5. The van der Waals surface area contributed by atoms with E-state index in [1.54, 1.807) is 50.2 Å². The van der Waals surface area contributed by atoms with Crippen LogP contribution in [0.2, 0.25) is 0 Å². The molecule has 0 fully saturated rings. The largest absolute Gasteiger partial charge is 0.494 e. The Hall–Kier alpha value is -3.74. The average Bonchev–Trinajstić information content (AvgIpc) is 2.74. The molecule has 3 N–H and O–H groups in total. The average molecular weight is 422 g/mol. The summed E-state index contributed by atoms with van der Waals surface area (Å²) in [7, 11) is 0. The summed E-state index contributed by atoms with van der Waals surface area (Å²) >= 11 is 0. The minimum Gasteiger partial charge on any atom is -0.494 e. The molecule has 1 atom stereocenters. The Balaban J connectivity index is 2.06. The summed E-state index contributed by atoms with van der Waals surface area (Å²) in [6.45, 7) is 5.94. The van der Waals surface area contributed by atoms with Crippen molar-refractivity contribution in [1.29, 1.82) is 0 Å². The van der Waals surface area contributed by atoms with Crippen molar-refractivity contribution in [2.45, 2.75) is 26.7 Å². The molecule has 162 valence electrons. The maximum absolute atomic E-state index is 13.3. The van der Waals surface area contributed by atoms with Gasteiger partial charge in [0.25, 0.3) is 5.91 Å². The van der Waals surface area contributed by atoms with Gasteiger partial charge in [-0.15, -0.1) is 0 Å². The number of benzene rings is 2. The van der Waals surface area contributed by atoms with Gasteiger partial charge in [-0.05, 0) is 50.6 Å². The van der Waals surface area contributed by atoms with E-state index in [9.17, 15) is 9.59 Å². The molecule has 1 heterocycles. The van der Waals surface area contributed by atoms with Crippen LogP contribution in [0.25, 0.3) is 0 Å². The Morgan fingerprint density at radius 2 is 1.68 bits per heavy atom. The third kappa shape index (κ3) is 4.88. The molecule has 1 aliphatic heterocycles. The van der Waals surface area contributed by atoms with Crippen LogP contribution < -0.4 is 15.8 Å². The predicted octanol–water partition coefficient (Wildman–Crippen LogP) is 3.85. The zero-order valence-electron chi connectivity index (χ0n) is 17.8. The first-order valence-corrected chi connectivity index (χ1v) is 10.1. The highest BCUT2D eigenvalue weighted by Crippen LogP contribution is 2.40. The molecule has 2 aromatic carbocycles. The second kappa shape index (κ2) is 9.84. The number of hydrogen-bond acceptors (Lipinski definition) is 6. The van der Waals surface area contributed by atoms with Crippen molar-refractivity contribution in [1.82, 2.24) is 0 Å². The first kappa shape index (κ1) is 22.0. The topological polar surface area (TPSA) is 99.9 Å². The lowest BCUT2D eigenvalue weighted by molar-refractivity contribution is -0.139. The standard InChI is InChI=1S/C24H26N2O5/c1-4-29-18-13-11-16(12-14-18)20-19(23(27)26-17-9-7-6-8-10-17)15(3)31-22(25)21(20)24(28)30-5-2/h6-14,20H,4-5,25H2,1-3H3,(H,26,27)/t20-/m0/s1. The van der Waals surface area contributed by atoms with E-state index in [-0.39, 0.29) is 23.6 Å². The lowest BCUT2D eigenvalue weighted by Crippen LogP contribution is -2.31. The lowest BCUT2D eigenvalue weighted by Gasteiger charge is -2.29. The van der Waals surface area contributed by atoms with E-state index in [0.29, 0.717) is 29.4 Å². The van der Waals surface area contributed by atoms with Crippen LogP contribution in [-0.2, 0) is 19.1 Å². The Morgan fingerprint density at radius 1 is 1.00 bits per heavy atom. The molecule has 0 aliphatic carbocycles. The summed E-state index contributed by atoms with van der Waals surface area (Å²) in [5.74, 6) is -0.853. The van der Waals surface area contributed by atoms with E-state index in [1.165, 1.54) is 0 Å². The highest BCUT2D eigenvalue weighted by Gasteiger charge is 2.39. The molecule has 7 heteroatoms. The van der Waals surface area contributed by atoms with Crippen LogP contribution in [0.1, 0.15) is 32.3 Å². The molecule has 2 aromatic rings. The molecular formula is C24H26N2O5. The summed E-state index contributed by atoms with van der Waals surface area (Å²) in [4.78, 5) is 26.1. The second-order valence-corrected chi connectivity index (χ2v) is 6.83. The Bertz CT molecular complexity index is 1010. The van der Waals surface area contributed by atoms with Crippen LogP contribution in [-0.4, -0.2) is 25.1 Å². The van der Waals surface area contributed by atoms with Crippen LogP contribution in [0.5, 0.6) is 5.75 Å². The van der Waals surface area contributed by atoms with Crippen molar-refractivity contribution >= 4 is 17.6 Å². The van der Waals surface area contributed by atoms with Gasteiger partial charge >= 0.3 is 5.97 Å². The van der Waals surface area contributed by atoms with E-state index >= 15 is 0 Å². The van der Waals surface area contributed by atoms with Crippen molar-refractivity contribution in [2.24, 2.45) is 5.73 Å². The summed E-state index contributed by atoms with van der Waals surface area (Å²) in [6, 6.07) is 16.2. The van der Waals surface area contributed by atoms with Crippen LogP contribution >= 0.6 is 0 Å². The molecule has 0 saturated heterocycles. The third-order valence-corrected chi connectivity index (χ3v) is 4.78. The number of nitrogens with two attached hydrogens (primary N) is 1. The number of esters is 1. The molecule has 0 radical (unpaired) electrons. The SMILES string of the molecule is CCOC(=O)C1=C(N)OC(C)=C(C(=O)Nc2ccccc2)[C@@H]1c1ccc(OCC)cc1. The molecule has 0 spiro atoms. The molecule has 3 rings (SSSR count). The van der Waals surface area contributed by atoms with Gasteiger partial charge in [0.2, 0.25) is 5.88 Å². The number of rotatable bonds is 7. The Kier molecular flexibility index (Phi) is 6.97. The predicted molar refractivity (Wildman–Crippen MR) is 117 cm³/mol. The fraction of sp³-hybridized carbons (Fsp3) is 0.250. The first-order chi connectivity index (χ1) is 15.0. The smallest absolute Gasteiger partial charge is 0.340 e. The number of amides is 1. The summed E-state index contributed by atoms with van der Waals surface area (Å²) < 4.78 is 16.3. The van der Waals surface area contributed by atoms with Crippen molar-refractivity contribution in [3.63, 3.8) is 0 Å². The quantitative estimate of drug-likeness (QED) is 0.658. The Labute approximate surface area is 181 Å². The number of ether oxygens (including phenoxy) is 3. The molecule has 0 unspecified atom stereocenters. The van der Waals surface area contributed by atoms with E-state index < -0.39 is 17.8 Å². The van der Waals surface area contributed by atoms with Gasteiger partial charge in [0.05, 0.1) is 24.7 Å². The number of anilines is 1. The second-order valence-electron chi connectivity index (χ2n) is 6.83. The van der Waals surface area contributed by atoms with E-state index in [0.717, 1.165) is 0 Å². The number of carbonyl (C=O) groups excluding carboxylic acids is 2. The minimum atomic E-state index is -0.757. The van der Waals surface area contributed by atoms with Gasteiger partial charge in [-0.1, -0.05) is 30.3 Å². The lowest BCUT2D eigenvalue weighted by atomic mass is 9.82. The van der Waals surface area contributed by atoms with Gasteiger partial charge in [0.15, 0.2) is 0 Å².